The molecule has 2 aromatic carbocycles. The molecule has 1 fully saturated rings. The summed E-state index contributed by atoms with van der Waals surface area (Å²) in [4.78, 5) is 12.8. The molecule has 0 amide bonds. The number of hydrogen-bond acceptors (Lipinski definition) is 11. The van der Waals surface area contributed by atoms with E-state index in [0.717, 1.165) is 22.1 Å². The lowest BCUT2D eigenvalue weighted by Gasteiger charge is -2.16. The summed E-state index contributed by atoms with van der Waals surface area (Å²) in [7, 11) is 1.62. The van der Waals surface area contributed by atoms with Crippen molar-refractivity contribution in [1.82, 2.24) is 19.5 Å². The van der Waals surface area contributed by atoms with E-state index >= 15 is 0 Å². The Balaban J connectivity index is 1.43. The second-order valence-electron chi connectivity index (χ2n) is 7.79. The first-order valence-corrected chi connectivity index (χ1v) is 10.5. The number of nitrogens with two attached hydrogens (primary N) is 1. The summed E-state index contributed by atoms with van der Waals surface area (Å²) in [5, 5.41) is 36.0. The summed E-state index contributed by atoms with van der Waals surface area (Å²) < 4.78 is 12.3. The number of hydrogen-bond donors (Lipinski definition) is 5. The van der Waals surface area contributed by atoms with Crippen molar-refractivity contribution in [1.29, 1.82) is 0 Å². The van der Waals surface area contributed by atoms with E-state index in [1.165, 1.54) is 10.9 Å². The van der Waals surface area contributed by atoms with Crippen molar-refractivity contribution in [2.45, 2.75) is 24.5 Å². The third-order valence-electron chi connectivity index (χ3n) is 5.73. The zero-order chi connectivity index (χ0) is 23.8. The van der Waals surface area contributed by atoms with Gasteiger partial charge in [-0.15, -0.1) is 0 Å². The van der Waals surface area contributed by atoms with Gasteiger partial charge in [0, 0.05) is 5.56 Å². The topological polar surface area (TPSA) is 173 Å². The van der Waals surface area contributed by atoms with Gasteiger partial charge in [-0.2, -0.15) is 15.1 Å². The van der Waals surface area contributed by atoms with Crippen LogP contribution >= 0.6 is 0 Å². The molecule has 4 aromatic rings. The predicted octanol–water partition coefficient (Wildman–Crippen LogP) is 0.628. The van der Waals surface area contributed by atoms with Gasteiger partial charge in [0.1, 0.15) is 29.6 Å². The second kappa shape index (κ2) is 8.83. The van der Waals surface area contributed by atoms with E-state index in [2.05, 4.69) is 25.5 Å². The van der Waals surface area contributed by atoms with Crippen LogP contribution in [-0.4, -0.2) is 73.1 Å². The van der Waals surface area contributed by atoms with Crippen LogP contribution in [0.5, 0.6) is 5.75 Å². The summed E-state index contributed by atoms with van der Waals surface area (Å²) in [5.41, 5.74) is 10.3. The molecule has 5 rings (SSSR count). The Hall–Kier alpha value is -3.84. The van der Waals surface area contributed by atoms with Crippen molar-refractivity contribution < 1.29 is 24.8 Å². The normalized spacial score (nSPS) is 22.7. The molecule has 12 heteroatoms. The summed E-state index contributed by atoms with van der Waals surface area (Å²) in [6.45, 7) is -0.444. The van der Waals surface area contributed by atoms with Crippen LogP contribution in [0.1, 0.15) is 11.8 Å². The Morgan fingerprint density at radius 2 is 2.09 bits per heavy atom. The quantitative estimate of drug-likeness (QED) is 0.201. The van der Waals surface area contributed by atoms with Crippen LogP contribution in [0, 0.1) is 0 Å². The number of aliphatic hydroxyl groups is 3. The number of fused-ring (bicyclic) bond motifs is 2. The molecule has 0 saturated carbocycles. The van der Waals surface area contributed by atoms with E-state index in [1.807, 2.05) is 36.4 Å². The number of benzene rings is 2. The van der Waals surface area contributed by atoms with Gasteiger partial charge in [0.15, 0.2) is 17.7 Å². The van der Waals surface area contributed by atoms with Crippen molar-refractivity contribution in [3.8, 4) is 5.75 Å². The number of nitrogens with zero attached hydrogens (tertiary/aromatic N) is 5. The highest BCUT2D eigenvalue weighted by Crippen LogP contribution is 2.32. The smallest absolute Gasteiger partial charge is 0.247 e. The van der Waals surface area contributed by atoms with Gasteiger partial charge in [-0.25, -0.2) is 10.4 Å². The van der Waals surface area contributed by atoms with E-state index < -0.39 is 31.1 Å². The fraction of sp³-hybridized carbons (Fsp3) is 0.273. The van der Waals surface area contributed by atoms with Crippen LogP contribution < -0.4 is 15.9 Å². The summed E-state index contributed by atoms with van der Waals surface area (Å²) >= 11 is 0. The first-order chi connectivity index (χ1) is 16.5. The molecule has 1 aliphatic heterocycles. The first-order valence-electron chi connectivity index (χ1n) is 10.5. The standard InChI is InChI=1S/C22H23N7O5/c1-33-13-5-6-14-11(7-13)3-2-4-12(14)8-25-28-22-26-19(23)16-20(27-22)29(10-24-16)21-18(32)17(31)15(9-30)34-21/h2-8,10,15,17-18,21,30-32H,9H2,1H3,(H3,23,26,27,28)/b25-8+/t15-,17-,18-,21-/m1/s1. The highest BCUT2D eigenvalue weighted by molar-refractivity contribution is 6.00. The lowest BCUT2D eigenvalue weighted by atomic mass is 10.1. The van der Waals surface area contributed by atoms with Gasteiger partial charge >= 0.3 is 0 Å². The zero-order valence-electron chi connectivity index (χ0n) is 18.1. The van der Waals surface area contributed by atoms with Crippen LogP contribution in [0.25, 0.3) is 21.9 Å². The Morgan fingerprint density at radius 1 is 1.24 bits per heavy atom. The molecular formula is C22H23N7O5. The number of anilines is 2. The van der Waals surface area contributed by atoms with Crippen LogP contribution in [0.15, 0.2) is 47.8 Å². The van der Waals surface area contributed by atoms with E-state index in [0.29, 0.717) is 5.52 Å². The third-order valence-corrected chi connectivity index (χ3v) is 5.73. The number of methoxy groups -OCH3 is 1. The van der Waals surface area contributed by atoms with E-state index in [4.69, 9.17) is 15.2 Å². The van der Waals surface area contributed by atoms with Gasteiger partial charge in [0.2, 0.25) is 5.95 Å². The Morgan fingerprint density at radius 3 is 2.85 bits per heavy atom. The number of rotatable bonds is 6. The lowest BCUT2D eigenvalue weighted by molar-refractivity contribution is -0.0511. The van der Waals surface area contributed by atoms with Crippen molar-refractivity contribution >= 4 is 39.9 Å². The number of nitrogen functional groups attached to an aromatic ring is 1. The Kier molecular flexibility index (Phi) is 5.71. The minimum Gasteiger partial charge on any atom is -0.497 e. The number of hydrazone groups is 1. The molecule has 1 aliphatic rings. The third kappa shape index (κ3) is 3.78. The Bertz CT molecular complexity index is 1370. The fourth-order valence-corrected chi connectivity index (χ4v) is 3.97. The van der Waals surface area contributed by atoms with Crippen LogP contribution in [-0.2, 0) is 4.74 Å². The van der Waals surface area contributed by atoms with Crippen molar-refractivity contribution in [3.63, 3.8) is 0 Å². The molecule has 0 radical (unpaired) electrons. The van der Waals surface area contributed by atoms with Gasteiger partial charge in [0.05, 0.1) is 26.3 Å². The average Bonchev–Trinajstić information content (AvgIpc) is 3.39. The molecule has 0 unspecified atom stereocenters. The molecule has 6 N–H and O–H groups in total. The molecule has 2 aromatic heterocycles. The summed E-state index contributed by atoms with van der Waals surface area (Å²) in [6, 6.07) is 11.6. The zero-order valence-corrected chi connectivity index (χ0v) is 18.1. The fourth-order valence-electron chi connectivity index (χ4n) is 3.97. The predicted molar refractivity (Wildman–Crippen MR) is 124 cm³/mol. The molecule has 0 bridgehead atoms. The molecule has 1 saturated heterocycles. The summed E-state index contributed by atoms with van der Waals surface area (Å²) in [6.07, 6.45) is -1.45. The maximum absolute atomic E-state index is 10.4. The van der Waals surface area contributed by atoms with Crippen molar-refractivity contribution in [2.24, 2.45) is 5.10 Å². The van der Waals surface area contributed by atoms with Gasteiger partial charge in [-0.3, -0.25) is 4.57 Å². The highest BCUT2D eigenvalue weighted by Gasteiger charge is 2.44. The van der Waals surface area contributed by atoms with Crippen molar-refractivity contribution in [2.75, 3.05) is 24.9 Å². The lowest BCUT2D eigenvalue weighted by Crippen LogP contribution is -2.33. The number of aliphatic hydroxyl groups excluding tert-OH is 3. The van der Waals surface area contributed by atoms with E-state index in [9.17, 15) is 15.3 Å². The second-order valence-corrected chi connectivity index (χ2v) is 7.79. The molecule has 0 spiro atoms. The monoisotopic (exact) mass is 465 g/mol. The number of aromatic nitrogens is 4. The minimum absolute atomic E-state index is 0.102. The highest BCUT2D eigenvalue weighted by atomic mass is 16.6. The van der Waals surface area contributed by atoms with E-state index in [1.54, 1.807) is 13.3 Å². The maximum Gasteiger partial charge on any atom is 0.247 e. The largest absolute Gasteiger partial charge is 0.497 e. The van der Waals surface area contributed by atoms with Gasteiger partial charge < -0.3 is 30.5 Å². The van der Waals surface area contributed by atoms with Crippen LogP contribution in [0.3, 0.4) is 0 Å². The van der Waals surface area contributed by atoms with Gasteiger partial charge in [-0.05, 0) is 22.9 Å². The molecule has 4 atom stereocenters. The van der Waals surface area contributed by atoms with Crippen molar-refractivity contribution in [3.05, 3.63) is 48.3 Å². The molecule has 0 aliphatic carbocycles. The first kappa shape index (κ1) is 22.0. The molecular weight excluding hydrogens is 442 g/mol. The molecule has 12 nitrogen and oxygen atoms in total. The number of imidazole rings is 1. The van der Waals surface area contributed by atoms with Gasteiger partial charge in [0.25, 0.3) is 0 Å². The molecule has 34 heavy (non-hydrogen) atoms. The van der Waals surface area contributed by atoms with Gasteiger partial charge in [-0.1, -0.05) is 24.3 Å². The minimum atomic E-state index is -1.29. The average molecular weight is 465 g/mol. The molecule has 3 heterocycles. The molecule has 176 valence electrons. The number of ether oxygens (including phenoxy) is 2. The summed E-state index contributed by atoms with van der Waals surface area (Å²) in [5.74, 6) is 0.977. The maximum atomic E-state index is 10.4. The van der Waals surface area contributed by atoms with Crippen LogP contribution in [0.2, 0.25) is 0 Å². The number of nitrogens with one attached hydrogen (secondary N) is 1. The van der Waals surface area contributed by atoms with E-state index in [-0.39, 0.29) is 17.4 Å². The van der Waals surface area contributed by atoms with Crippen LogP contribution in [0.4, 0.5) is 11.8 Å². The Labute approximate surface area is 193 Å². The SMILES string of the molecule is COc1ccc2c(/C=N/Nc3nc(N)c4ncn([C@@H]5O[C@H](CO)[C@@H](O)[C@H]5O)c4n3)cccc2c1.